The van der Waals surface area contributed by atoms with Gasteiger partial charge in [0, 0.05) is 6.54 Å². The molecule has 150 valence electrons. The lowest BCUT2D eigenvalue weighted by atomic mass is 10.1. The Morgan fingerprint density at radius 2 is 1.68 bits per heavy atom. The summed E-state index contributed by atoms with van der Waals surface area (Å²) in [6, 6.07) is 16.6. The Morgan fingerprint density at radius 3 is 2.43 bits per heavy atom. The standard InChI is InChI=1S/C22H28N2O4/c1-17-9-5-6-12-19(17)16-27-21(25)20(23)13-7-8-14-24-22(26)28-15-18-10-3-2-4-11-18/h2-6,9-12,20H,7-8,13-16,23H2,1H3,(H,24,26). The second-order valence-electron chi connectivity index (χ2n) is 6.62. The molecule has 0 fully saturated rings. The van der Waals surface area contributed by atoms with Crippen LogP contribution in [0.1, 0.15) is 36.0 Å². The summed E-state index contributed by atoms with van der Waals surface area (Å²) in [6.45, 7) is 2.91. The number of unbranched alkanes of at least 4 members (excludes halogenated alkanes) is 1. The number of ether oxygens (including phenoxy) is 2. The van der Waals surface area contributed by atoms with Crippen molar-refractivity contribution in [1.82, 2.24) is 5.32 Å². The number of aryl methyl sites for hydroxylation is 1. The van der Waals surface area contributed by atoms with Gasteiger partial charge in [-0.2, -0.15) is 0 Å². The van der Waals surface area contributed by atoms with E-state index in [0.717, 1.165) is 16.7 Å². The SMILES string of the molecule is Cc1ccccc1COC(=O)C(N)CCCCNC(=O)OCc1ccccc1. The molecule has 2 aromatic carbocycles. The van der Waals surface area contributed by atoms with Gasteiger partial charge in [0.1, 0.15) is 19.3 Å². The summed E-state index contributed by atoms with van der Waals surface area (Å²) in [4.78, 5) is 23.6. The number of esters is 1. The van der Waals surface area contributed by atoms with Crippen molar-refractivity contribution in [2.45, 2.75) is 45.4 Å². The van der Waals surface area contributed by atoms with Crippen LogP contribution in [0, 0.1) is 6.92 Å². The number of nitrogens with two attached hydrogens (primary N) is 1. The number of hydrogen-bond donors (Lipinski definition) is 2. The molecule has 1 unspecified atom stereocenters. The minimum absolute atomic E-state index is 0.230. The number of alkyl carbamates (subject to hydrolysis) is 1. The molecule has 0 radical (unpaired) electrons. The molecule has 6 heteroatoms. The summed E-state index contributed by atoms with van der Waals surface area (Å²) < 4.78 is 10.4. The molecule has 0 aliphatic carbocycles. The summed E-state index contributed by atoms with van der Waals surface area (Å²) in [6.07, 6.45) is 1.47. The molecule has 0 bridgehead atoms. The number of benzene rings is 2. The molecule has 0 aliphatic rings. The highest BCUT2D eigenvalue weighted by atomic mass is 16.5. The van der Waals surface area contributed by atoms with Crippen LogP contribution in [0.25, 0.3) is 0 Å². The number of carbonyl (C=O) groups is 2. The van der Waals surface area contributed by atoms with E-state index in [1.165, 1.54) is 0 Å². The predicted octanol–water partition coefficient (Wildman–Crippen LogP) is 3.46. The van der Waals surface area contributed by atoms with E-state index in [1.807, 2.05) is 61.5 Å². The molecule has 0 spiro atoms. The minimum Gasteiger partial charge on any atom is -0.460 e. The number of nitrogens with one attached hydrogen (secondary N) is 1. The highest BCUT2D eigenvalue weighted by molar-refractivity contribution is 5.75. The molecule has 2 rings (SSSR count). The van der Waals surface area contributed by atoms with E-state index in [-0.39, 0.29) is 13.2 Å². The fourth-order valence-electron chi connectivity index (χ4n) is 2.60. The van der Waals surface area contributed by atoms with E-state index in [2.05, 4.69) is 5.32 Å². The first-order valence-corrected chi connectivity index (χ1v) is 9.47. The lowest BCUT2D eigenvalue weighted by Crippen LogP contribution is -2.32. The highest BCUT2D eigenvalue weighted by Gasteiger charge is 2.15. The summed E-state index contributed by atoms with van der Waals surface area (Å²) in [5, 5.41) is 2.69. The zero-order chi connectivity index (χ0) is 20.2. The van der Waals surface area contributed by atoms with Crippen LogP contribution in [0.5, 0.6) is 0 Å². The van der Waals surface area contributed by atoms with Gasteiger partial charge in [0.15, 0.2) is 0 Å². The van der Waals surface area contributed by atoms with E-state index in [4.69, 9.17) is 15.2 Å². The molecule has 2 aromatic rings. The fourth-order valence-corrected chi connectivity index (χ4v) is 2.60. The zero-order valence-electron chi connectivity index (χ0n) is 16.2. The summed E-state index contributed by atoms with van der Waals surface area (Å²) in [7, 11) is 0. The number of hydrogen-bond acceptors (Lipinski definition) is 5. The maximum Gasteiger partial charge on any atom is 0.407 e. The van der Waals surface area contributed by atoms with Gasteiger partial charge >= 0.3 is 12.1 Å². The Hall–Kier alpha value is -2.86. The molecule has 1 atom stereocenters. The van der Waals surface area contributed by atoms with Crippen LogP contribution >= 0.6 is 0 Å². The molecular weight excluding hydrogens is 356 g/mol. The van der Waals surface area contributed by atoms with E-state index in [0.29, 0.717) is 25.8 Å². The average molecular weight is 384 g/mol. The van der Waals surface area contributed by atoms with Gasteiger partial charge < -0.3 is 20.5 Å². The number of rotatable bonds is 10. The molecule has 6 nitrogen and oxygen atoms in total. The lowest BCUT2D eigenvalue weighted by Gasteiger charge is -2.12. The first kappa shape index (κ1) is 21.4. The Kier molecular flexibility index (Phi) is 9.01. The maximum absolute atomic E-state index is 12.0. The maximum atomic E-state index is 12.0. The van der Waals surface area contributed by atoms with Crippen molar-refractivity contribution < 1.29 is 19.1 Å². The van der Waals surface area contributed by atoms with Crippen molar-refractivity contribution in [3.8, 4) is 0 Å². The quantitative estimate of drug-likeness (QED) is 0.484. The van der Waals surface area contributed by atoms with Crippen LogP contribution in [0.4, 0.5) is 4.79 Å². The topological polar surface area (TPSA) is 90.6 Å². The van der Waals surface area contributed by atoms with Crippen molar-refractivity contribution in [3.05, 3.63) is 71.3 Å². The van der Waals surface area contributed by atoms with Gasteiger partial charge in [-0.05, 0) is 42.9 Å². The monoisotopic (exact) mass is 384 g/mol. The second-order valence-corrected chi connectivity index (χ2v) is 6.62. The van der Waals surface area contributed by atoms with Crippen LogP contribution in [0.2, 0.25) is 0 Å². The van der Waals surface area contributed by atoms with Gasteiger partial charge in [-0.1, -0.05) is 54.6 Å². The smallest absolute Gasteiger partial charge is 0.407 e. The van der Waals surface area contributed by atoms with Gasteiger partial charge in [0.2, 0.25) is 0 Å². The summed E-state index contributed by atoms with van der Waals surface area (Å²) in [5.74, 6) is -0.404. The summed E-state index contributed by atoms with van der Waals surface area (Å²) in [5.41, 5.74) is 8.88. The van der Waals surface area contributed by atoms with Gasteiger partial charge in [-0.3, -0.25) is 4.79 Å². The summed E-state index contributed by atoms with van der Waals surface area (Å²) >= 11 is 0. The lowest BCUT2D eigenvalue weighted by molar-refractivity contribution is -0.146. The fraction of sp³-hybridized carbons (Fsp3) is 0.364. The zero-order valence-corrected chi connectivity index (χ0v) is 16.2. The third kappa shape index (κ3) is 7.80. The van der Waals surface area contributed by atoms with E-state index in [9.17, 15) is 9.59 Å². The first-order chi connectivity index (χ1) is 13.6. The molecular formula is C22H28N2O4. The third-order valence-corrected chi connectivity index (χ3v) is 4.36. The van der Waals surface area contributed by atoms with E-state index in [1.54, 1.807) is 0 Å². The Bertz CT molecular complexity index is 749. The molecule has 0 saturated carbocycles. The molecule has 3 N–H and O–H groups in total. The van der Waals surface area contributed by atoms with E-state index >= 15 is 0 Å². The van der Waals surface area contributed by atoms with Gasteiger partial charge in [-0.15, -0.1) is 0 Å². The Balaban J connectivity index is 1.54. The van der Waals surface area contributed by atoms with Crippen molar-refractivity contribution in [2.24, 2.45) is 5.73 Å². The van der Waals surface area contributed by atoms with Crippen LogP contribution < -0.4 is 11.1 Å². The predicted molar refractivity (Wildman–Crippen MR) is 107 cm³/mol. The van der Waals surface area contributed by atoms with Crippen molar-refractivity contribution in [2.75, 3.05) is 6.54 Å². The number of carbonyl (C=O) groups excluding carboxylic acids is 2. The largest absolute Gasteiger partial charge is 0.460 e. The third-order valence-electron chi connectivity index (χ3n) is 4.36. The van der Waals surface area contributed by atoms with Crippen LogP contribution in [-0.4, -0.2) is 24.6 Å². The van der Waals surface area contributed by atoms with E-state index < -0.39 is 18.1 Å². The normalized spacial score (nSPS) is 11.5. The number of amides is 1. The van der Waals surface area contributed by atoms with Crippen LogP contribution in [0.3, 0.4) is 0 Å². The molecule has 0 aliphatic heterocycles. The second kappa shape index (κ2) is 11.8. The molecule has 1 amide bonds. The minimum atomic E-state index is -0.658. The van der Waals surface area contributed by atoms with Crippen molar-refractivity contribution >= 4 is 12.1 Å². The average Bonchev–Trinajstić information content (AvgIpc) is 2.71. The van der Waals surface area contributed by atoms with Crippen LogP contribution in [0.15, 0.2) is 54.6 Å². The molecule has 0 saturated heterocycles. The molecule has 0 heterocycles. The molecule has 0 aromatic heterocycles. The molecule has 28 heavy (non-hydrogen) atoms. The van der Waals surface area contributed by atoms with Crippen molar-refractivity contribution in [3.63, 3.8) is 0 Å². The van der Waals surface area contributed by atoms with Gasteiger partial charge in [-0.25, -0.2) is 4.79 Å². The van der Waals surface area contributed by atoms with Crippen LogP contribution in [-0.2, 0) is 27.5 Å². The highest BCUT2D eigenvalue weighted by Crippen LogP contribution is 2.09. The Morgan fingerprint density at radius 1 is 0.964 bits per heavy atom. The Labute approximate surface area is 166 Å². The van der Waals surface area contributed by atoms with Crippen molar-refractivity contribution in [1.29, 1.82) is 0 Å². The first-order valence-electron chi connectivity index (χ1n) is 9.47. The van der Waals surface area contributed by atoms with Gasteiger partial charge in [0.25, 0.3) is 0 Å². The van der Waals surface area contributed by atoms with Gasteiger partial charge in [0.05, 0.1) is 0 Å².